The number of nitrogens with zero attached hydrogens (tertiary/aromatic N) is 1. The number of hydrogen-bond acceptors (Lipinski definition) is 3. The first-order valence-corrected chi connectivity index (χ1v) is 8.36. The van der Waals surface area contributed by atoms with Crippen molar-refractivity contribution in [3.63, 3.8) is 0 Å². The summed E-state index contributed by atoms with van der Waals surface area (Å²) in [5.74, 6) is 1.93. The van der Waals surface area contributed by atoms with Crippen molar-refractivity contribution in [3.8, 4) is 5.75 Å². The highest BCUT2D eigenvalue weighted by Crippen LogP contribution is 2.25. The maximum atomic E-state index is 5.59. The van der Waals surface area contributed by atoms with Gasteiger partial charge in [0, 0.05) is 24.7 Å². The van der Waals surface area contributed by atoms with Gasteiger partial charge in [0.15, 0.2) is 0 Å². The number of ether oxygens (including phenoxy) is 1. The van der Waals surface area contributed by atoms with Crippen LogP contribution in [0.3, 0.4) is 0 Å². The summed E-state index contributed by atoms with van der Waals surface area (Å²) in [6, 6.07) is 7.47. The molecule has 0 spiro atoms. The van der Waals surface area contributed by atoms with Gasteiger partial charge < -0.3 is 10.1 Å². The van der Waals surface area contributed by atoms with Gasteiger partial charge >= 0.3 is 0 Å². The maximum absolute atomic E-state index is 5.59. The van der Waals surface area contributed by atoms with Gasteiger partial charge in [-0.15, -0.1) is 0 Å². The van der Waals surface area contributed by atoms with E-state index in [2.05, 4.69) is 35.3 Å². The van der Waals surface area contributed by atoms with Gasteiger partial charge in [-0.05, 0) is 56.3 Å². The van der Waals surface area contributed by atoms with E-state index in [0.29, 0.717) is 0 Å². The summed E-state index contributed by atoms with van der Waals surface area (Å²) in [5, 5.41) is 3.56. The summed E-state index contributed by atoms with van der Waals surface area (Å²) >= 11 is 0. The summed E-state index contributed by atoms with van der Waals surface area (Å²) in [6.45, 7) is 6.81. The van der Waals surface area contributed by atoms with Crippen LogP contribution in [0.4, 0.5) is 0 Å². The number of rotatable bonds is 6. The van der Waals surface area contributed by atoms with Crippen molar-refractivity contribution in [2.24, 2.45) is 5.92 Å². The standard InChI is InChI=1S/C18H28N2O/c1-14-7-9-20(10-8-14)13-15-3-4-16(18(11-15)21-2)12-19-17-5-6-17/h3-4,11,14,17,19H,5-10,12-13H2,1-2H3. The van der Waals surface area contributed by atoms with Crippen molar-refractivity contribution in [3.05, 3.63) is 29.3 Å². The van der Waals surface area contributed by atoms with Gasteiger partial charge in [0.25, 0.3) is 0 Å². The van der Waals surface area contributed by atoms with E-state index in [-0.39, 0.29) is 0 Å². The molecule has 0 bridgehead atoms. The van der Waals surface area contributed by atoms with Crippen LogP contribution in [-0.2, 0) is 13.1 Å². The molecule has 1 N–H and O–H groups in total. The Morgan fingerprint density at radius 1 is 1.19 bits per heavy atom. The molecule has 3 heteroatoms. The van der Waals surface area contributed by atoms with Crippen LogP contribution in [0.5, 0.6) is 5.75 Å². The predicted octanol–water partition coefficient (Wildman–Crippen LogP) is 3.18. The van der Waals surface area contributed by atoms with Gasteiger partial charge in [0.05, 0.1) is 7.11 Å². The summed E-state index contributed by atoms with van der Waals surface area (Å²) < 4.78 is 5.59. The molecule has 3 rings (SSSR count). The topological polar surface area (TPSA) is 24.5 Å². The van der Waals surface area contributed by atoms with Gasteiger partial charge in [0.2, 0.25) is 0 Å². The largest absolute Gasteiger partial charge is 0.496 e. The van der Waals surface area contributed by atoms with Crippen LogP contribution >= 0.6 is 0 Å². The van der Waals surface area contributed by atoms with Gasteiger partial charge in [-0.25, -0.2) is 0 Å². The molecule has 1 heterocycles. The van der Waals surface area contributed by atoms with E-state index in [1.54, 1.807) is 7.11 Å². The van der Waals surface area contributed by atoms with Crippen LogP contribution in [0.15, 0.2) is 18.2 Å². The molecular formula is C18H28N2O. The Balaban J connectivity index is 1.59. The Labute approximate surface area is 128 Å². The fourth-order valence-corrected chi connectivity index (χ4v) is 3.05. The number of benzene rings is 1. The highest BCUT2D eigenvalue weighted by molar-refractivity contribution is 5.37. The van der Waals surface area contributed by atoms with E-state index < -0.39 is 0 Å². The van der Waals surface area contributed by atoms with Gasteiger partial charge in [-0.2, -0.15) is 0 Å². The number of likely N-dealkylation sites (tertiary alicyclic amines) is 1. The second kappa shape index (κ2) is 6.80. The quantitative estimate of drug-likeness (QED) is 0.870. The zero-order valence-electron chi connectivity index (χ0n) is 13.4. The SMILES string of the molecule is COc1cc(CN2CCC(C)CC2)ccc1CNC1CC1. The van der Waals surface area contributed by atoms with Crippen LogP contribution in [0, 0.1) is 5.92 Å². The lowest BCUT2D eigenvalue weighted by molar-refractivity contribution is 0.185. The molecule has 1 aliphatic carbocycles. The lowest BCUT2D eigenvalue weighted by Gasteiger charge is -2.30. The summed E-state index contributed by atoms with van der Waals surface area (Å²) in [6.07, 6.45) is 5.32. The van der Waals surface area contributed by atoms with Gasteiger partial charge in [0.1, 0.15) is 5.75 Å². The fourth-order valence-electron chi connectivity index (χ4n) is 3.05. The molecular weight excluding hydrogens is 260 g/mol. The molecule has 1 aliphatic heterocycles. The first-order valence-electron chi connectivity index (χ1n) is 8.36. The minimum absolute atomic E-state index is 0.740. The monoisotopic (exact) mass is 288 g/mol. The molecule has 0 amide bonds. The minimum atomic E-state index is 0.740. The molecule has 0 atom stereocenters. The third-order valence-corrected chi connectivity index (χ3v) is 4.79. The fraction of sp³-hybridized carbons (Fsp3) is 0.667. The smallest absolute Gasteiger partial charge is 0.123 e. The summed E-state index contributed by atoms with van der Waals surface area (Å²) in [7, 11) is 1.78. The van der Waals surface area contributed by atoms with Crippen LogP contribution < -0.4 is 10.1 Å². The highest BCUT2D eigenvalue weighted by atomic mass is 16.5. The third kappa shape index (κ3) is 4.21. The molecule has 0 aromatic heterocycles. The molecule has 21 heavy (non-hydrogen) atoms. The van der Waals surface area contributed by atoms with Crippen molar-refractivity contribution in [1.29, 1.82) is 0 Å². The van der Waals surface area contributed by atoms with Crippen molar-refractivity contribution < 1.29 is 4.74 Å². The Morgan fingerprint density at radius 3 is 2.62 bits per heavy atom. The molecule has 2 fully saturated rings. The molecule has 0 radical (unpaired) electrons. The first kappa shape index (κ1) is 14.9. The molecule has 1 aromatic rings. The van der Waals surface area contributed by atoms with Crippen molar-refractivity contribution in [1.82, 2.24) is 10.2 Å². The second-order valence-corrected chi connectivity index (χ2v) is 6.76. The Bertz CT molecular complexity index is 462. The Morgan fingerprint density at radius 2 is 1.95 bits per heavy atom. The maximum Gasteiger partial charge on any atom is 0.123 e. The van der Waals surface area contributed by atoms with Gasteiger partial charge in [-0.1, -0.05) is 19.1 Å². The lowest BCUT2D eigenvalue weighted by Crippen LogP contribution is -2.32. The molecule has 116 valence electrons. The van der Waals surface area contributed by atoms with E-state index in [0.717, 1.165) is 30.8 Å². The molecule has 1 saturated heterocycles. The summed E-state index contributed by atoms with van der Waals surface area (Å²) in [4.78, 5) is 2.57. The third-order valence-electron chi connectivity index (χ3n) is 4.79. The number of methoxy groups -OCH3 is 1. The predicted molar refractivity (Wildman–Crippen MR) is 86.5 cm³/mol. The number of nitrogens with one attached hydrogen (secondary N) is 1. The van der Waals surface area contributed by atoms with Crippen molar-refractivity contribution in [2.75, 3.05) is 20.2 Å². The van der Waals surface area contributed by atoms with Gasteiger partial charge in [-0.3, -0.25) is 4.90 Å². The molecule has 3 nitrogen and oxygen atoms in total. The van der Waals surface area contributed by atoms with Crippen LogP contribution in [0.2, 0.25) is 0 Å². The van der Waals surface area contributed by atoms with E-state index in [4.69, 9.17) is 4.74 Å². The van der Waals surface area contributed by atoms with Crippen LogP contribution in [0.1, 0.15) is 43.7 Å². The minimum Gasteiger partial charge on any atom is -0.496 e. The molecule has 2 aliphatic rings. The average molecular weight is 288 g/mol. The van der Waals surface area contributed by atoms with Crippen LogP contribution in [-0.4, -0.2) is 31.1 Å². The molecule has 1 aromatic carbocycles. The highest BCUT2D eigenvalue weighted by Gasteiger charge is 2.21. The number of piperidine rings is 1. The van der Waals surface area contributed by atoms with E-state index in [1.807, 2.05) is 0 Å². The molecule has 1 saturated carbocycles. The van der Waals surface area contributed by atoms with Crippen molar-refractivity contribution >= 4 is 0 Å². The zero-order chi connectivity index (χ0) is 14.7. The first-order chi connectivity index (χ1) is 10.2. The van der Waals surface area contributed by atoms with Crippen LogP contribution in [0.25, 0.3) is 0 Å². The average Bonchev–Trinajstić information content (AvgIpc) is 3.32. The summed E-state index contributed by atoms with van der Waals surface area (Å²) in [5.41, 5.74) is 2.65. The second-order valence-electron chi connectivity index (χ2n) is 6.76. The lowest BCUT2D eigenvalue weighted by atomic mass is 9.98. The zero-order valence-corrected chi connectivity index (χ0v) is 13.4. The molecule has 0 unspecified atom stereocenters. The van der Waals surface area contributed by atoms with E-state index in [9.17, 15) is 0 Å². The van der Waals surface area contributed by atoms with E-state index >= 15 is 0 Å². The Hall–Kier alpha value is -1.06. The normalized spacial score (nSPS) is 20.7. The Kier molecular flexibility index (Phi) is 4.81. The van der Waals surface area contributed by atoms with Crippen molar-refractivity contribution in [2.45, 2.75) is 51.7 Å². The van der Waals surface area contributed by atoms with E-state index in [1.165, 1.54) is 49.9 Å². The number of hydrogen-bond donors (Lipinski definition) is 1.